The van der Waals surface area contributed by atoms with E-state index in [4.69, 9.17) is 17.3 Å². The Labute approximate surface area is 141 Å². The van der Waals surface area contributed by atoms with Crippen molar-refractivity contribution >= 4 is 34.1 Å². The number of aromatic hydroxyl groups is 2. The van der Waals surface area contributed by atoms with Crippen molar-refractivity contribution in [1.29, 1.82) is 0 Å². The Kier molecular flexibility index (Phi) is 3.17. The molecule has 0 aliphatic rings. The molecule has 24 heavy (non-hydrogen) atoms. The molecular weight excluding hydrogens is 330 g/mol. The third-order valence-corrected chi connectivity index (χ3v) is 4.05. The second-order valence-electron chi connectivity index (χ2n) is 5.37. The van der Waals surface area contributed by atoms with Crippen LogP contribution >= 0.6 is 11.6 Å². The van der Waals surface area contributed by atoms with Gasteiger partial charge in [-0.05, 0) is 29.8 Å². The first-order valence-electron chi connectivity index (χ1n) is 7.13. The second kappa shape index (κ2) is 5.24. The molecule has 8 heteroatoms. The van der Waals surface area contributed by atoms with E-state index in [2.05, 4.69) is 15.1 Å². The van der Waals surface area contributed by atoms with Gasteiger partial charge in [0.25, 0.3) is 0 Å². The van der Waals surface area contributed by atoms with Crippen LogP contribution in [-0.4, -0.2) is 29.8 Å². The number of halogens is 1. The Hall–Kier alpha value is -3.06. The van der Waals surface area contributed by atoms with E-state index in [0.29, 0.717) is 33.8 Å². The van der Waals surface area contributed by atoms with Crippen LogP contribution in [0.1, 0.15) is 11.4 Å². The molecule has 0 saturated heterocycles. The standard InChI is InChI=1S/C16H12ClN5O2/c17-9-2-1-3-10-14(9)15-20-16(18)21-22(15)13(19-10)7-8-4-5-11(23)12(24)6-8/h1-6,23-24H,7H2,(H2,18,21). The summed E-state index contributed by atoms with van der Waals surface area (Å²) in [7, 11) is 0. The van der Waals surface area contributed by atoms with Gasteiger partial charge in [0.1, 0.15) is 5.82 Å². The zero-order valence-corrected chi connectivity index (χ0v) is 13.1. The summed E-state index contributed by atoms with van der Waals surface area (Å²) in [5.74, 6) is 0.353. The zero-order valence-electron chi connectivity index (χ0n) is 12.3. The normalized spacial score (nSPS) is 11.4. The number of fused-ring (bicyclic) bond motifs is 3. The molecule has 0 radical (unpaired) electrons. The molecule has 7 nitrogen and oxygen atoms in total. The Morgan fingerprint density at radius 2 is 1.92 bits per heavy atom. The number of aromatic nitrogens is 4. The molecule has 0 amide bonds. The van der Waals surface area contributed by atoms with E-state index in [1.165, 1.54) is 12.1 Å². The number of nitrogens with two attached hydrogens (primary N) is 1. The fourth-order valence-corrected chi connectivity index (χ4v) is 2.91. The van der Waals surface area contributed by atoms with Crippen molar-refractivity contribution in [1.82, 2.24) is 19.6 Å². The molecule has 4 rings (SSSR count). The summed E-state index contributed by atoms with van der Waals surface area (Å²) in [6.07, 6.45) is 0.371. The largest absolute Gasteiger partial charge is 0.504 e. The van der Waals surface area contributed by atoms with Crippen molar-refractivity contribution in [2.75, 3.05) is 5.73 Å². The van der Waals surface area contributed by atoms with Crippen LogP contribution < -0.4 is 5.73 Å². The van der Waals surface area contributed by atoms with Crippen LogP contribution in [0.2, 0.25) is 5.02 Å². The lowest BCUT2D eigenvalue weighted by Crippen LogP contribution is -2.05. The molecule has 0 unspecified atom stereocenters. The minimum atomic E-state index is -0.189. The van der Waals surface area contributed by atoms with Gasteiger partial charge in [0.2, 0.25) is 5.95 Å². The quantitative estimate of drug-likeness (QED) is 0.483. The number of benzene rings is 2. The maximum atomic E-state index is 9.66. The minimum absolute atomic E-state index is 0.124. The van der Waals surface area contributed by atoms with E-state index >= 15 is 0 Å². The molecular formula is C16H12ClN5O2. The van der Waals surface area contributed by atoms with E-state index in [1.54, 1.807) is 16.6 Å². The first-order valence-corrected chi connectivity index (χ1v) is 7.51. The molecule has 4 N–H and O–H groups in total. The van der Waals surface area contributed by atoms with Crippen LogP contribution in [0, 0.1) is 0 Å². The number of phenolic OH excluding ortho intramolecular Hbond substituents is 2. The summed E-state index contributed by atoms with van der Waals surface area (Å²) >= 11 is 6.27. The van der Waals surface area contributed by atoms with Crippen molar-refractivity contribution < 1.29 is 10.2 Å². The van der Waals surface area contributed by atoms with Crippen LogP contribution in [0.25, 0.3) is 16.6 Å². The molecule has 0 saturated carbocycles. The Bertz CT molecular complexity index is 1090. The molecule has 2 aromatic carbocycles. The minimum Gasteiger partial charge on any atom is -0.504 e. The van der Waals surface area contributed by atoms with Gasteiger partial charge in [0, 0.05) is 6.42 Å². The Morgan fingerprint density at radius 1 is 1.08 bits per heavy atom. The fraction of sp³-hybridized carbons (Fsp3) is 0.0625. The second-order valence-corrected chi connectivity index (χ2v) is 5.77. The molecule has 0 atom stereocenters. The van der Waals surface area contributed by atoms with Crippen molar-refractivity contribution in [3.8, 4) is 11.5 Å². The third-order valence-electron chi connectivity index (χ3n) is 3.73. The lowest BCUT2D eigenvalue weighted by molar-refractivity contribution is 0.403. The topological polar surface area (TPSA) is 110 Å². The Morgan fingerprint density at radius 3 is 2.71 bits per heavy atom. The molecule has 0 fully saturated rings. The van der Waals surface area contributed by atoms with Crippen LogP contribution in [0.4, 0.5) is 5.95 Å². The summed E-state index contributed by atoms with van der Waals surface area (Å²) in [6.45, 7) is 0. The van der Waals surface area contributed by atoms with Gasteiger partial charge in [-0.25, -0.2) is 4.98 Å². The smallest absolute Gasteiger partial charge is 0.240 e. The van der Waals surface area contributed by atoms with Gasteiger partial charge in [-0.2, -0.15) is 9.50 Å². The van der Waals surface area contributed by atoms with Gasteiger partial charge in [-0.15, -0.1) is 5.10 Å². The van der Waals surface area contributed by atoms with E-state index in [9.17, 15) is 10.2 Å². The predicted octanol–water partition coefficient (Wildman–Crippen LogP) is 2.52. The lowest BCUT2D eigenvalue weighted by Gasteiger charge is -2.08. The highest BCUT2D eigenvalue weighted by Gasteiger charge is 2.15. The summed E-state index contributed by atoms with van der Waals surface area (Å²) in [5, 5.41) is 24.5. The van der Waals surface area contributed by atoms with E-state index < -0.39 is 0 Å². The van der Waals surface area contributed by atoms with Crippen molar-refractivity contribution in [2.45, 2.75) is 6.42 Å². The number of hydrogen-bond donors (Lipinski definition) is 3. The first-order chi connectivity index (χ1) is 11.5. The highest BCUT2D eigenvalue weighted by atomic mass is 35.5. The van der Waals surface area contributed by atoms with Gasteiger partial charge >= 0.3 is 0 Å². The molecule has 0 aliphatic heterocycles. The Balaban J connectivity index is 1.95. The lowest BCUT2D eigenvalue weighted by atomic mass is 10.1. The van der Waals surface area contributed by atoms with Crippen LogP contribution in [0.3, 0.4) is 0 Å². The molecule has 0 spiro atoms. The third kappa shape index (κ3) is 2.26. The van der Waals surface area contributed by atoms with Gasteiger partial charge < -0.3 is 15.9 Å². The maximum Gasteiger partial charge on any atom is 0.240 e. The van der Waals surface area contributed by atoms with Gasteiger partial charge in [0.05, 0.1) is 15.9 Å². The van der Waals surface area contributed by atoms with Crippen LogP contribution in [-0.2, 0) is 6.42 Å². The van der Waals surface area contributed by atoms with E-state index in [1.807, 2.05) is 12.1 Å². The SMILES string of the molecule is Nc1nc2c3c(Cl)cccc3nc(Cc3ccc(O)c(O)c3)n2n1. The average molecular weight is 342 g/mol. The fourth-order valence-electron chi connectivity index (χ4n) is 2.66. The molecule has 120 valence electrons. The highest BCUT2D eigenvalue weighted by Crippen LogP contribution is 2.29. The maximum absolute atomic E-state index is 9.66. The molecule has 0 aliphatic carbocycles. The molecule has 0 bridgehead atoms. The average Bonchev–Trinajstić information content (AvgIpc) is 2.93. The first kappa shape index (κ1) is 14.5. The van der Waals surface area contributed by atoms with Crippen molar-refractivity contribution in [3.05, 3.63) is 52.8 Å². The van der Waals surface area contributed by atoms with Gasteiger partial charge in [-0.3, -0.25) is 0 Å². The van der Waals surface area contributed by atoms with Crippen molar-refractivity contribution in [2.24, 2.45) is 0 Å². The summed E-state index contributed by atoms with van der Waals surface area (Å²) < 4.78 is 1.55. The molecule has 2 heterocycles. The summed E-state index contributed by atoms with van der Waals surface area (Å²) in [4.78, 5) is 8.85. The van der Waals surface area contributed by atoms with Crippen molar-refractivity contribution in [3.63, 3.8) is 0 Å². The van der Waals surface area contributed by atoms with Crippen LogP contribution in [0.15, 0.2) is 36.4 Å². The number of nitrogens with zero attached hydrogens (tertiary/aromatic N) is 4. The van der Waals surface area contributed by atoms with Crippen LogP contribution in [0.5, 0.6) is 11.5 Å². The number of hydrogen-bond acceptors (Lipinski definition) is 6. The van der Waals surface area contributed by atoms with E-state index in [-0.39, 0.29) is 17.4 Å². The van der Waals surface area contributed by atoms with E-state index in [0.717, 1.165) is 5.56 Å². The van der Waals surface area contributed by atoms with Gasteiger partial charge in [0.15, 0.2) is 17.1 Å². The summed E-state index contributed by atoms with van der Waals surface area (Å²) in [6, 6.07) is 10.0. The number of phenols is 2. The monoisotopic (exact) mass is 341 g/mol. The predicted molar refractivity (Wildman–Crippen MR) is 90.3 cm³/mol. The number of nitrogen functional groups attached to an aromatic ring is 1. The van der Waals surface area contributed by atoms with Gasteiger partial charge in [-0.1, -0.05) is 23.7 Å². The number of anilines is 1. The summed E-state index contributed by atoms with van der Waals surface area (Å²) in [5.41, 5.74) is 7.72. The zero-order chi connectivity index (χ0) is 16.8. The molecule has 4 aromatic rings. The number of rotatable bonds is 2. The molecule has 2 aromatic heterocycles. The highest BCUT2D eigenvalue weighted by molar-refractivity contribution is 6.36.